The minimum Gasteiger partial charge on any atom is -0.340 e. The first-order valence-electron chi connectivity index (χ1n) is 5.89. The van der Waals surface area contributed by atoms with Crippen LogP contribution in [0.15, 0.2) is 6.07 Å². The van der Waals surface area contributed by atoms with Gasteiger partial charge < -0.3 is 10.6 Å². The summed E-state index contributed by atoms with van der Waals surface area (Å²) in [6.07, 6.45) is 1.15. The first-order chi connectivity index (χ1) is 7.56. The molecular weight excluding hydrogens is 200 g/mol. The summed E-state index contributed by atoms with van der Waals surface area (Å²) in [6.45, 7) is 8.11. The third-order valence-corrected chi connectivity index (χ3v) is 3.22. The molecule has 0 bridgehead atoms. The molecule has 2 heterocycles. The molecule has 4 heteroatoms. The number of anilines is 1. The zero-order chi connectivity index (χ0) is 11.7. The van der Waals surface area contributed by atoms with E-state index in [9.17, 15) is 0 Å². The molecule has 1 aliphatic heterocycles. The Hall–Kier alpha value is -1.16. The second-order valence-corrected chi connectivity index (χ2v) is 4.80. The molecule has 0 spiro atoms. The van der Waals surface area contributed by atoms with Crippen LogP contribution in [-0.4, -0.2) is 29.1 Å². The van der Waals surface area contributed by atoms with E-state index in [0.29, 0.717) is 5.92 Å². The van der Waals surface area contributed by atoms with E-state index in [2.05, 4.69) is 21.8 Å². The molecule has 0 radical (unpaired) electrons. The van der Waals surface area contributed by atoms with Crippen molar-refractivity contribution in [1.82, 2.24) is 9.97 Å². The fraction of sp³-hybridized carbons (Fsp3) is 0.667. The van der Waals surface area contributed by atoms with E-state index >= 15 is 0 Å². The zero-order valence-electron chi connectivity index (χ0n) is 10.3. The van der Waals surface area contributed by atoms with Crippen molar-refractivity contribution >= 4 is 5.95 Å². The highest BCUT2D eigenvalue weighted by Gasteiger charge is 2.26. The van der Waals surface area contributed by atoms with Gasteiger partial charge in [-0.05, 0) is 39.2 Å². The Morgan fingerprint density at radius 1 is 1.38 bits per heavy atom. The van der Waals surface area contributed by atoms with Gasteiger partial charge in [-0.25, -0.2) is 9.97 Å². The molecular formula is C12H20N4. The minimum absolute atomic E-state index is 0.260. The normalized spacial score (nSPS) is 22.5. The molecule has 88 valence electrons. The number of nitrogens with zero attached hydrogens (tertiary/aromatic N) is 3. The molecule has 0 aromatic carbocycles. The van der Waals surface area contributed by atoms with E-state index in [1.807, 2.05) is 19.9 Å². The van der Waals surface area contributed by atoms with Crippen LogP contribution in [0.3, 0.4) is 0 Å². The molecule has 0 amide bonds. The van der Waals surface area contributed by atoms with Gasteiger partial charge in [-0.15, -0.1) is 0 Å². The Labute approximate surface area is 96.9 Å². The van der Waals surface area contributed by atoms with E-state index in [4.69, 9.17) is 5.73 Å². The first-order valence-corrected chi connectivity index (χ1v) is 5.89. The zero-order valence-corrected chi connectivity index (χ0v) is 10.3. The Balaban J connectivity index is 2.14. The lowest BCUT2D eigenvalue weighted by Crippen LogP contribution is -2.30. The van der Waals surface area contributed by atoms with Gasteiger partial charge in [0.25, 0.3) is 0 Å². The average Bonchev–Trinajstić information content (AvgIpc) is 2.64. The molecule has 16 heavy (non-hydrogen) atoms. The van der Waals surface area contributed by atoms with Crippen LogP contribution in [0.1, 0.15) is 24.7 Å². The fourth-order valence-electron chi connectivity index (χ4n) is 2.25. The van der Waals surface area contributed by atoms with Crippen LogP contribution in [0.2, 0.25) is 0 Å². The van der Waals surface area contributed by atoms with Gasteiger partial charge in [0.2, 0.25) is 5.95 Å². The molecule has 0 aliphatic carbocycles. The predicted octanol–water partition coefficient (Wildman–Crippen LogP) is 1.27. The second-order valence-electron chi connectivity index (χ2n) is 4.80. The van der Waals surface area contributed by atoms with Crippen molar-refractivity contribution < 1.29 is 0 Å². The van der Waals surface area contributed by atoms with Crippen molar-refractivity contribution in [3.8, 4) is 0 Å². The maximum absolute atomic E-state index is 5.93. The van der Waals surface area contributed by atoms with Gasteiger partial charge in [0.15, 0.2) is 0 Å². The van der Waals surface area contributed by atoms with Gasteiger partial charge in [0, 0.05) is 30.5 Å². The van der Waals surface area contributed by atoms with Crippen LogP contribution in [0.4, 0.5) is 5.95 Å². The van der Waals surface area contributed by atoms with E-state index in [1.165, 1.54) is 0 Å². The molecule has 2 unspecified atom stereocenters. The predicted molar refractivity (Wildman–Crippen MR) is 65.5 cm³/mol. The summed E-state index contributed by atoms with van der Waals surface area (Å²) < 4.78 is 0. The highest BCUT2D eigenvalue weighted by Crippen LogP contribution is 2.22. The van der Waals surface area contributed by atoms with E-state index in [0.717, 1.165) is 36.8 Å². The summed E-state index contributed by atoms with van der Waals surface area (Å²) >= 11 is 0. The Morgan fingerprint density at radius 3 is 2.50 bits per heavy atom. The largest absolute Gasteiger partial charge is 0.340 e. The SMILES string of the molecule is Cc1cc(C)nc(N2CCC(C(C)N)C2)n1. The molecule has 0 saturated carbocycles. The Morgan fingerprint density at radius 2 is 2.00 bits per heavy atom. The smallest absolute Gasteiger partial charge is 0.225 e. The van der Waals surface area contributed by atoms with E-state index < -0.39 is 0 Å². The molecule has 1 saturated heterocycles. The maximum atomic E-state index is 5.93. The molecule has 2 atom stereocenters. The molecule has 1 aromatic heterocycles. The van der Waals surface area contributed by atoms with Crippen LogP contribution in [0.25, 0.3) is 0 Å². The summed E-state index contributed by atoms with van der Waals surface area (Å²) in [5.74, 6) is 1.44. The number of aryl methyl sites for hydroxylation is 2. The molecule has 1 aliphatic rings. The topological polar surface area (TPSA) is 55.0 Å². The third kappa shape index (κ3) is 2.32. The second kappa shape index (κ2) is 4.37. The third-order valence-electron chi connectivity index (χ3n) is 3.22. The van der Waals surface area contributed by atoms with Gasteiger partial charge in [-0.1, -0.05) is 0 Å². The van der Waals surface area contributed by atoms with E-state index in [-0.39, 0.29) is 6.04 Å². The van der Waals surface area contributed by atoms with Crippen LogP contribution in [0.5, 0.6) is 0 Å². The van der Waals surface area contributed by atoms with Crippen LogP contribution in [0, 0.1) is 19.8 Å². The lowest BCUT2D eigenvalue weighted by Gasteiger charge is -2.18. The molecule has 1 fully saturated rings. The maximum Gasteiger partial charge on any atom is 0.225 e. The summed E-state index contributed by atoms with van der Waals surface area (Å²) in [4.78, 5) is 11.2. The standard InChI is InChI=1S/C12H20N4/c1-8-6-9(2)15-12(14-8)16-5-4-11(7-16)10(3)13/h6,10-11H,4-5,7,13H2,1-3H3. The van der Waals surface area contributed by atoms with Gasteiger partial charge >= 0.3 is 0 Å². The minimum atomic E-state index is 0.260. The van der Waals surface area contributed by atoms with Crippen LogP contribution < -0.4 is 10.6 Å². The fourth-order valence-corrected chi connectivity index (χ4v) is 2.25. The summed E-state index contributed by atoms with van der Waals surface area (Å²) in [5.41, 5.74) is 8.00. The average molecular weight is 220 g/mol. The van der Waals surface area contributed by atoms with Gasteiger partial charge in [0.1, 0.15) is 0 Å². The van der Waals surface area contributed by atoms with Gasteiger partial charge in [-0.2, -0.15) is 0 Å². The van der Waals surface area contributed by atoms with Crippen molar-refractivity contribution in [2.75, 3.05) is 18.0 Å². The molecule has 4 nitrogen and oxygen atoms in total. The van der Waals surface area contributed by atoms with E-state index in [1.54, 1.807) is 0 Å². The summed E-state index contributed by atoms with van der Waals surface area (Å²) in [6, 6.07) is 2.26. The Kier molecular flexibility index (Phi) is 3.10. The number of rotatable bonds is 2. The van der Waals surface area contributed by atoms with Crippen molar-refractivity contribution in [1.29, 1.82) is 0 Å². The monoisotopic (exact) mass is 220 g/mol. The molecule has 2 rings (SSSR count). The lowest BCUT2D eigenvalue weighted by molar-refractivity contribution is 0.487. The number of aromatic nitrogens is 2. The number of nitrogens with two attached hydrogens (primary N) is 1. The molecule has 2 N–H and O–H groups in total. The summed E-state index contributed by atoms with van der Waals surface area (Å²) in [7, 11) is 0. The highest BCUT2D eigenvalue weighted by atomic mass is 15.3. The van der Waals surface area contributed by atoms with Crippen molar-refractivity contribution in [3.05, 3.63) is 17.5 Å². The number of hydrogen-bond donors (Lipinski definition) is 1. The number of hydrogen-bond acceptors (Lipinski definition) is 4. The summed E-state index contributed by atoms with van der Waals surface area (Å²) in [5, 5.41) is 0. The van der Waals surface area contributed by atoms with Crippen molar-refractivity contribution in [3.63, 3.8) is 0 Å². The quantitative estimate of drug-likeness (QED) is 0.815. The van der Waals surface area contributed by atoms with Crippen molar-refractivity contribution in [2.24, 2.45) is 11.7 Å². The lowest BCUT2D eigenvalue weighted by atomic mass is 10.0. The highest BCUT2D eigenvalue weighted by molar-refractivity contribution is 5.33. The molecule has 1 aromatic rings. The van der Waals surface area contributed by atoms with Gasteiger partial charge in [0.05, 0.1) is 0 Å². The Bertz CT molecular complexity index is 355. The van der Waals surface area contributed by atoms with Crippen molar-refractivity contribution in [2.45, 2.75) is 33.2 Å². The van der Waals surface area contributed by atoms with Crippen LogP contribution >= 0.6 is 0 Å². The van der Waals surface area contributed by atoms with Gasteiger partial charge in [-0.3, -0.25) is 0 Å². The van der Waals surface area contributed by atoms with Crippen LogP contribution in [-0.2, 0) is 0 Å². The first kappa shape index (κ1) is 11.3.